The van der Waals surface area contributed by atoms with Crippen molar-refractivity contribution in [2.24, 2.45) is 0 Å². The topological polar surface area (TPSA) is 72.8 Å². The Labute approximate surface area is 125 Å². The molecule has 0 aromatic heterocycles. The van der Waals surface area contributed by atoms with Crippen LogP contribution in [0.25, 0.3) is 11.1 Å². The predicted molar refractivity (Wildman–Crippen MR) is 76.7 cm³/mol. The van der Waals surface area contributed by atoms with Crippen molar-refractivity contribution in [1.29, 1.82) is 0 Å². The van der Waals surface area contributed by atoms with Crippen molar-refractivity contribution in [2.75, 3.05) is 14.2 Å². The van der Waals surface area contributed by atoms with E-state index in [1.165, 1.54) is 44.6 Å². The number of hydrogen-bond donors (Lipinski definition) is 1. The van der Waals surface area contributed by atoms with Crippen molar-refractivity contribution in [2.45, 2.75) is 0 Å². The summed E-state index contributed by atoms with van der Waals surface area (Å²) >= 11 is 0. The van der Waals surface area contributed by atoms with E-state index in [1.807, 2.05) is 0 Å². The predicted octanol–water partition coefficient (Wildman–Crippen LogP) is 2.99. The number of methoxy groups -OCH3 is 2. The number of carboxylic acids is 1. The van der Waals surface area contributed by atoms with Gasteiger partial charge in [-0.25, -0.2) is 14.0 Å². The first-order chi connectivity index (χ1) is 10.5. The fraction of sp³-hybridized carbons (Fsp3) is 0.125. The van der Waals surface area contributed by atoms with Crippen molar-refractivity contribution in [3.8, 4) is 16.9 Å². The van der Waals surface area contributed by atoms with E-state index in [1.54, 1.807) is 0 Å². The Morgan fingerprint density at radius 3 is 2.27 bits per heavy atom. The van der Waals surface area contributed by atoms with Gasteiger partial charge in [0.05, 0.1) is 25.3 Å². The molecule has 0 spiro atoms. The quantitative estimate of drug-likeness (QED) is 0.879. The molecule has 2 aromatic carbocycles. The summed E-state index contributed by atoms with van der Waals surface area (Å²) < 4.78 is 23.7. The molecule has 0 amide bonds. The van der Waals surface area contributed by atoms with Crippen molar-refractivity contribution in [3.05, 3.63) is 53.3 Å². The molecule has 6 heteroatoms. The van der Waals surface area contributed by atoms with Crippen LogP contribution in [-0.4, -0.2) is 31.3 Å². The van der Waals surface area contributed by atoms with Crippen LogP contribution in [0, 0.1) is 5.82 Å². The van der Waals surface area contributed by atoms with Gasteiger partial charge in [0, 0.05) is 5.56 Å². The van der Waals surface area contributed by atoms with E-state index in [9.17, 15) is 19.1 Å². The van der Waals surface area contributed by atoms with Crippen LogP contribution in [0.5, 0.6) is 5.75 Å². The summed E-state index contributed by atoms with van der Waals surface area (Å²) in [6, 6.07) is 8.03. The molecular formula is C16H13FO5. The number of benzene rings is 2. The van der Waals surface area contributed by atoms with Crippen LogP contribution in [0.3, 0.4) is 0 Å². The fourth-order valence-corrected chi connectivity index (χ4v) is 2.04. The average molecular weight is 304 g/mol. The van der Waals surface area contributed by atoms with Crippen LogP contribution in [0.2, 0.25) is 0 Å². The van der Waals surface area contributed by atoms with Gasteiger partial charge >= 0.3 is 11.9 Å². The number of halogens is 1. The Kier molecular flexibility index (Phi) is 4.41. The van der Waals surface area contributed by atoms with Gasteiger partial charge in [-0.3, -0.25) is 0 Å². The molecule has 22 heavy (non-hydrogen) atoms. The first-order valence-corrected chi connectivity index (χ1v) is 6.27. The molecule has 0 aliphatic heterocycles. The molecule has 0 saturated carbocycles. The third-order valence-corrected chi connectivity index (χ3v) is 3.14. The van der Waals surface area contributed by atoms with Gasteiger partial charge in [-0.2, -0.15) is 0 Å². The number of carbonyl (C=O) groups excluding carboxylic acids is 1. The zero-order valence-electron chi connectivity index (χ0n) is 11.9. The Balaban J connectivity index is 2.57. The minimum Gasteiger partial charge on any atom is -0.497 e. The number of aromatic carboxylic acids is 1. The molecule has 0 aliphatic rings. The van der Waals surface area contributed by atoms with E-state index in [4.69, 9.17) is 4.74 Å². The van der Waals surface area contributed by atoms with Crippen LogP contribution in [0.15, 0.2) is 36.4 Å². The van der Waals surface area contributed by atoms with Gasteiger partial charge in [0.1, 0.15) is 11.6 Å². The van der Waals surface area contributed by atoms with E-state index in [2.05, 4.69) is 4.74 Å². The highest BCUT2D eigenvalue weighted by Gasteiger charge is 2.17. The molecule has 2 rings (SSSR count). The minimum atomic E-state index is -1.20. The van der Waals surface area contributed by atoms with Gasteiger partial charge in [0.15, 0.2) is 0 Å². The average Bonchev–Trinajstić information content (AvgIpc) is 2.53. The van der Waals surface area contributed by atoms with Gasteiger partial charge in [0.2, 0.25) is 0 Å². The second-order valence-electron chi connectivity index (χ2n) is 4.40. The summed E-state index contributed by atoms with van der Waals surface area (Å²) in [5, 5.41) is 9.27. The van der Waals surface area contributed by atoms with Crippen molar-refractivity contribution in [3.63, 3.8) is 0 Å². The molecule has 5 nitrogen and oxygen atoms in total. The van der Waals surface area contributed by atoms with Crippen LogP contribution < -0.4 is 4.74 Å². The highest BCUT2D eigenvalue weighted by atomic mass is 19.1. The smallest absolute Gasteiger partial charge is 0.337 e. The number of esters is 1. The molecule has 0 heterocycles. The van der Waals surface area contributed by atoms with Gasteiger partial charge in [-0.05, 0) is 35.9 Å². The molecule has 0 unspecified atom stereocenters. The van der Waals surface area contributed by atoms with Gasteiger partial charge in [-0.1, -0.05) is 6.07 Å². The Bertz CT molecular complexity index is 739. The molecule has 0 atom stereocenters. The van der Waals surface area contributed by atoms with Crippen molar-refractivity contribution in [1.82, 2.24) is 0 Å². The molecule has 0 bridgehead atoms. The lowest BCUT2D eigenvalue weighted by Crippen LogP contribution is -2.04. The minimum absolute atomic E-state index is 0.0501. The van der Waals surface area contributed by atoms with E-state index >= 15 is 0 Å². The number of carbonyl (C=O) groups is 2. The van der Waals surface area contributed by atoms with Gasteiger partial charge in [0.25, 0.3) is 0 Å². The lowest BCUT2D eigenvalue weighted by molar-refractivity contribution is 0.0599. The molecule has 0 aliphatic carbocycles. The number of hydrogen-bond acceptors (Lipinski definition) is 4. The van der Waals surface area contributed by atoms with E-state index in [0.29, 0.717) is 5.75 Å². The van der Waals surface area contributed by atoms with Crippen LogP contribution in [-0.2, 0) is 4.74 Å². The van der Waals surface area contributed by atoms with Crippen LogP contribution >= 0.6 is 0 Å². The lowest BCUT2D eigenvalue weighted by atomic mass is 9.97. The molecule has 0 fully saturated rings. The summed E-state index contributed by atoms with van der Waals surface area (Å²) in [6.07, 6.45) is 0. The zero-order valence-corrected chi connectivity index (χ0v) is 11.9. The maximum atomic E-state index is 14.2. The molecule has 0 saturated heterocycles. The number of ether oxygens (including phenoxy) is 2. The van der Waals surface area contributed by atoms with E-state index in [-0.39, 0.29) is 22.3 Å². The first kappa shape index (κ1) is 15.5. The molecular weight excluding hydrogens is 291 g/mol. The second-order valence-corrected chi connectivity index (χ2v) is 4.40. The fourth-order valence-electron chi connectivity index (χ4n) is 2.04. The van der Waals surface area contributed by atoms with Gasteiger partial charge < -0.3 is 14.6 Å². The van der Waals surface area contributed by atoms with E-state index in [0.717, 1.165) is 6.07 Å². The van der Waals surface area contributed by atoms with Crippen LogP contribution in [0.1, 0.15) is 20.7 Å². The molecule has 114 valence electrons. The summed E-state index contributed by atoms with van der Waals surface area (Å²) in [7, 11) is 2.60. The number of carboxylic acid groups (broad SMARTS) is 1. The van der Waals surface area contributed by atoms with Crippen molar-refractivity contribution < 1.29 is 28.6 Å². The van der Waals surface area contributed by atoms with E-state index < -0.39 is 17.8 Å². The Morgan fingerprint density at radius 2 is 1.73 bits per heavy atom. The highest BCUT2D eigenvalue weighted by Crippen LogP contribution is 2.30. The summed E-state index contributed by atoms with van der Waals surface area (Å²) in [5.41, 5.74) is 0.230. The number of rotatable bonds is 4. The molecule has 2 aromatic rings. The normalized spacial score (nSPS) is 10.1. The largest absolute Gasteiger partial charge is 0.497 e. The zero-order chi connectivity index (χ0) is 16.3. The monoisotopic (exact) mass is 304 g/mol. The summed E-state index contributed by atoms with van der Waals surface area (Å²) in [5.74, 6) is -2.23. The standard InChI is InChI=1S/C16H13FO5/c1-21-10-4-6-11(13(8-10)15(18)19)12-5-3-9(7-14(12)17)16(20)22-2/h3-8H,1-2H3,(H,18,19). The Morgan fingerprint density at radius 1 is 1.05 bits per heavy atom. The van der Waals surface area contributed by atoms with Gasteiger partial charge in [-0.15, -0.1) is 0 Å². The van der Waals surface area contributed by atoms with Crippen molar-refractivity contribution >= 4 is 11.9 Å². The third-order valence-electron chi connectivity index (χ3n) is 3.14. The SMILES string of the molecule is COC(=O)c1ccc(-c2ccc(OC)cc2C(=O)O)c(F)c1. The second kappa shape index (κ2) is 6.26. The molecule has 0 radical (unpaired) electrons. The summed E-state index contributed by atoms with van der Waals surface area (Å²) in [4.78, 5) is 22.7. The summed E-state index contributed by atoms with van der Waals surface area (Å²) in [6.45, 7) is 0. The van der Waals surface area contributed by atoms with Crippen LogP contribution in [0.4, 0.5) is 4.39 Å². The Hall–Kier alpha value is -2.89. The highest BCUT2D eigenvalue weighted by molar-refractivity contribution is 5.97. The maximum Gasteiger partial charge on any atom is 0.337 e. The lowest BCUT2D eigenvalue weighted by Gasteiger charge is -2.10. The third kappa shape index (κ3) is 2.90. The molecule has 1 N–H and O–H groups in total. The first-order valence-electron chi connectivity index (χ1n) is 6.27. The maximum absolute atomic E-state index is 14.2.